The van der Waals surface area contributed by atoms with Gasteiger partial charge in [0.1, 0.15) is 16.5 Å². The minimum Gasteiger partial charge on any atom is -0.495 e. The molecule has 1 aromatic rings. The molecule has 1 aliphatic heterocycles. The first kappa shape index (κ1) is 20.6. The van der Waals surface area contributed by atoms with Gasteiger partial charge in [0.2, 0.25) is 15.9 Å². The average Bonchev–Trinajstić information content (AvgIpc) is 2.65. The number of sulfonamides is 1. The van der Waals surface area contributed by atoms with Gasteiger partial charge < -0.3 is 14.8 Å². The first-order chi connectivity index (χ1) is 12.4. The summed E-state index contributed by atoms with van der Waals surface area (Å²) in [6.07, 6.45) is 1.58. The standard InChI is InChI=1S/C17H25FN2O5S/c1-24-11-3-8-19-17(21)13-6-9-20(10-7-13)26(22,23)16-12-14(18)4-5-15(16)25-2/h4-5,12-13H,3,6-11H2,1-2H3,(H,19,21). The van der Waals surface area contributed by atoms with Crippen LogP contribution in [0.1, 0.15) is 19.3 Å². The van der Waals surface area contributed by atoms with E-state index in [1.54, 1.807) is 7.11 Å². The monoisotopic (exact) mass is 388 g/mol. The molecule has 0 bridgehead atoms. The van der Waals surface area contributed by atoms with E-state index in [2.05, 4.69) is 5.32 Å². The molecule has 1 amide bonds. The van der Waals surface area contributed by atoms with Crippen LogP contribution < -0.4 is 10.1 Å². The number of carbonyl (C=O) groups is 1. The van der Waals surface area contributed by atoms with Gasteiger partial charge in [-0.2, -0.15) is 4.31 Å². The van der Waals surface area contributed by atoms with Crippen molar-refractivity contribution in [3.8, 4) is 5.75 Å². The summed E-state index contributed by atoms with van der Waals surface area (Å²) in [4.78, 5) is 12.0. The maximum absolute atomic E-state index is 13.5. The van der Waals surface area contributed by atoms with Crippen LogP contribution in [-0.4, -0.2) is 59.1 Å². The Balaban J connectivity index is 1.98. The van der Waals surface area contributed by atoms with Gasteiger partial charge in [-0.25, -0.2) is 12.8 Å². The van der Waals surface area contributed by atoms with E-state index < -0.39 is 15.8 Å². The van der Waals surface area contributed by atoms with Crippen molar-refractivity contribution < 1.29 is 27.1 Å². The third-order valence-corrected chi connectivity index (χ3v) is 6.31. The van der Waals surface area contributed by atoms with Gasteiger partial charge in [0, 0.05) is 39.3 Å². The summed E-state index contributed by atoms with van der Waals surface area (Å²) in [6, 6.07) is 3.41. The summed E-state index contributed by atoms with van der Waals surface area (Å²) in [5.74, 6) is -0.834. The van der Waals surface area contributed by atoms with E-state index in [0.717, 1.165) is 18.6 Å². The SMILES string of the molecule is COCCCNC(=O)C1CCN(S(=O)(=O)c2cc(F)ccc2OC)CC1. The number of halogens is 1. The fourth-order valence-electron chi connectivity index (χ4n) is 2.92. The Hall–Kier alpha value is -1.71. The van der Waals surface area contributed by atoms with Gasteiger partial charge in [0.05, 0.1) is 7.11 Å². The maximum atomic E-state index is 13.5. The van der Waals surface area contributed by atoms with Crippen LogP contribution in [0.25, 0.3) is 0 Å². The molecule has 0 unspecified atom stereocenters. The fraction of sp³-hybridized carbons (Fsp3) is 0.588. The Morgan fingerprint density at radius 1 is 1.31 bits per heavy atom. The molecule has 2 rings (SSSR count). The van der Waals surface area contributed by atoms with Crippen LogP contribution in [-0.2, 0) is 19.6 Å². The highest BCUT2D eigenvalue weighted by Gasteiger charge is 2.33. The highest BCUT2D eigenvalue weighted by Crippen LogP contribution is 2.30. The summed E-state index contributed by atoms with van der Waals surface area (Å²) in [6.45, 7) is 1.52. The Morgan fingerprint density at radius 2 is 2.00 bits per heavy atom. The second-order valence-corrected chi connectivity index (χ2v) is 8.02. The lowest BCUT2D eigenvalue weighted by molar-refractivity contribution is -0.126. The first-order valence-electron chi connectivity index (χ1n) is 8.50. The van der Waals surface area contributed by atoms with E-state index in [-0.39, 0.29) is 35.6 Å². The normalized spacial score (nSPS) is 16.4. The molecule has 0 aromatic heterocycles. The largest absolute Gasteiger partial charge is 0.495 e. The van der Waals surface area contributed by atoms with E-state index in [1.807, 2.05) is 0 Å². The Bertz CT molecular complexity index is 718. The number of nitrogens with one attached hydrogen (secondary N) is 1. The number of hydrogen-bond donors (Lipinski definition) is 1. The molecular formula is C17H25FN2O5S. The number of rotatable bonds is 8. The second kappa shape index (κ2) is 9.29. The number of methoxy groups -OCH3 is 2. The van der Waals surface area contributed by atoms with E-state index in [4.69, 9.17) is 9.47 Å². The minimum atomic E-state index is -3.88. The van der Waals surface area contributed by atoms with Crippen molar-refractivity contribution in [2.45, 2.75) is 24.2 Å². The van der Waals surface area contributed by atoms with Gasteiger partial charge in [-0.3, -0.25) is 4.79 Å². The maximum Gasteiger partial charge on any atom is 0.246 e. The van der Waals surface area contributed by atoms with E-state index >= 15 is 0 Å². The van der Waals surface area contributed by atoms with Crippen LogP contribution in [0.5, 0.6) is 5.75 Å². The summed E-state index contributed by atoms with van der Waals surface area (Å²) in [7, 11) is -0.938. The third kappa shape index (κ3) is 4.93. The topological polar surface area (TPSA) is 84.9 Å². The van der Waals surface area contributed by atoms with Gasteiger partial charge >= 0.3 is 0 Å². The average molecular weight is 388 g/mol. The number of carbonyl (C=O) groups excluding carboxylic acids is 1. The molecule has 0 saturated carbocycles. The molecule has 9 heteroatoms. The molecule has 7 nitrogen and oxygen atoms in total. The fourth-order valence-corrected chi connectivity index (χ4v) is 4.56. The van der Waals surface area contributed by atoms with Gasteiger partial charge in [-0.05, 0) is 37.5 Å². The van der Waals surface area contributed by atoms with Gasteiger partial charge in [0.15, 0.2) is 0 Å². The predicted molar refractivity (Wildman–Crippen MR) is 93.9 cm³/mol. The Morgan fingerprint density at radius 3 is 2.62 bits per heavy atom. The summed E-state index contributed by atoms with van der Waals surface area (Å²) in [5, 5.41) is 2.84. The van der Waals surface area contributed by atoms with E-state index in [1.165, 1.54) is 17.5 Å². The lowest BCUT2D eigenvalue weighted by Gasteiger charge is -2.30. The van der Waals surface area contributed by atoms with Crippen molar-refractivity contribution >= 4 is 15.9 Å². The lowest BCUT2D eigenvalue weighted by Crippen LogP contribution is -2.43. The second-order valence-electron chi connectivity index (χ2n) is 6.11. The highest BCUT2D eigenvalue weighted by atomic mass is 32.2. The molecule has 1 saturated heterocycles. The van der Waals surface area contributed by atoms with Crippen molar-refractivity contribution in [2.75, 3.05) is 40.5 Å². The highest BCUT2D eigenvalue weighted by molar-refractivity contribution is 7.89. The Labute approximate surface area is 153 Å². The number of nitrogens with zero attached hydrogens (tertiary/aromatic N) is 1. The summed E-state index contributed by atoms with van der Waals surface area (Å²) < 4.78 is 50.4. The van der Waals surface area contributed by atoms with Gasteiger partial charge in [0.25, 0.3) is 0 Å². The van der Waals surface area contributed by atoms with Crippen LogP contribution in [0.2, 0.25) is 0 Å². The quantitative estimate of drug-likeness (QED) is 0.681. The van der Waals surface area contributed by atoms with Gasteiger partial charge in [-0.1, -0.05) is 0 Å². The number of amides is 1. The number of ether oxygens (including phenoxy) is 2. The van der Waals surface area contributed by atoms with Crippen LogP contribution in [0.4, 0.5) is 4.39 Å². The minimum absolute atomic E-state index is 0.0681. The van der Waals surface area contributed by atoms with Crippen molar-refractivity contribution in [2.24, 2.45) is 5.92 Å². The molecule has 146 valence electrons. The van der Waals surface area contributed by atoms with Crippen molar-refractivity contribution in [3.05, 3.63) is 24.0 Å². The third-order valence-electron chi connectivity index (χ3n) is 4.39. The number of benzene rings is 1. The van der Waals surface area contributed by atoms with Crippen LogP contribution in [0.3, 0.4) is 0 Å². The molecule has 26 heavy (non-hydrogen) atoms. The zero-order valence-corrected chi connectivity index (χ0v) is 15.9. The molecule has 1 aromatic carbocycles. The molecule has 1 heterocycles. The van der Waals surface area contributed by atoms with E-state index in [0.29, 0.717) is 26.0 Å². The molecular weight excluding hydrogens is 363 g/mol. The summed E-state index contributed by atoms with van der Waals surface area (Å²) >= 11 is 0. The number of hydrogen-bond acceptors (Lipinski definition) is 5. The first-order valence-corrected chi connectivity index (χ1v) is 9.94. The molecule has 0 aliphatic carbocycles. The predicted octanol–water partition coefficient (Wildman–Crippen LogP) is 1.39. The molecule has 0 atom stereocenters. The van der Waals surface area contributed by atoms with Crippen LogP contribution in [0.15, 0.2) is 23.1 Å². The molecule has 0 radical (unpaired) electrons. The molecule has 1 N–H and O–H groups in total. The smallest absolute Gasteiger partial charge is 0.246 e. The zero-order valence-electron chi connectivity index (χ0n) is 15.0. The van der Waals surface area contributed by atoms with Crippen LogP contribution in [0, 0.1) is 11.7 Å². The summed E-state index contributed by atoms with van der Waals surface area (Å²) in [5.41, 5.74) is 0. The van der Waals surface area contributed by atoms with E-state index in [9.17, 15) is 17.6 Å². The zero-order chi connectivity index (χ0) is 19.2. The van der Waals surface area contributed by atoms with Gasteiger partial charge in [-0.15, -0.1) is 0 Å². The Kier molecular flexibility index (Phi) is 7.36. The molecule has 1 aliphatic rings. The molecule has 1 fully saturated rings. The van der Waals surface area contributed by atoms with Crippen molar-refractivity contribution in [1.29, 1.82) is 0 Å². The number of piperidine rings is 1. The van der Waals surface area contributed by atoms with Crippen molar-refractivity contribution in [1.82, 2.24) is 9.62 Å². The van der Waals surface area contributed by atoms with Crippen LogP contribution >= 0.6 is 0 Å². The van der Waals surface area contributed by atoms with Crippen molar-refractivity contribution in [3.63, 3.8) is 0 Å². The molecule has 0 spiro atoms. The lowest BCUT2D eigenvalue weighted by atomic mass is 9.97.